The summed E-state index contributed by atoms with van der Waals surface area (Å²) >= 11 is 18.9. The number of hydrogen-bond acceptors (Lipinski definition) is 4. The Morgan fingerprint density at radius 1 is 1.23 bits per heavy atom. The summed E-state index contributed by atoms with van der Waals surface area (Å²) < 4.78 is 0.720. The molecule has 0 aliphatic rings. The zero-order valence-electron chi connectivity index (χ0n) is 7.55. The maximum atomic E-state index is 4.74. The van der Waals surface area contributed by atoms with Gasteiger partial charge in [-0.3, -0.25) is 0 Å². The van der Waals surface area contributed by atoms with Gasteiger partial charge in [-0.2, -0.15) is 0 Å². The van der Waals surface area contributed by atoms with Crippen LogP contribution in [0, 0.1) is 0 Å². The van der Waals surface area contributed by atoms with E-state index in [2.05, 4.69) is 10.6 Å². The molecule has 0 unspecified atom stereocenters. The Bertz CT molecular complexity index is 195. The van der Waals surface area contributed by atoms with Crippen molar-refractivity contribution in [2.45, 2.75) is 19.4 Å². The molecule has 0 rings (SSSR count). The maximum Gasteiger partial charge on any atom is 2.00 e. The first-order chi connectivity index (χ1) is 5.33. The van der Waals surface area contributed by atoms with Crippen LogP contribution in [0.25, 0.3) is 0 Å². The molecular formula is C6H10N2S4Zn. The van der Waals surface area contributed by atoms with Gasteiger partial charge in [-0.15, -0.1) is 0 Å². The minimum atomic E-state index is -0.207. The third-order valence-electron chi connectivity index (χ3n) is 1.12. The van der Waals surface area contributed by atoms with Crippen molar-refractivity contribution in [2.24, 2.45) is 0 Å². The predicted molar refractivity (Wildman–Crippen MR) is 65.1 cm³/mol. The average Bonchev–Trinajstić information content (AvgIpc) is 1.81. The van der Waals surface area contributed by atoms with Crippen LogP contribution in [0.4, 0.5) is 0 Å². The van der Waals surface area contributed by atoms with Crippen LogP contribution in [0.5, 0.6) is 0 Å². The van der Waals surface area contributed by atoms with Crippen LogP contribution >= 0.6 is 24.4 Å². The summed E-state index contributed by atoms with van der Waals surface area (Å²) in [6.07, 6.45) is 0. The summed E-state index contributed by atoms with van der Waals surface area (Å²) in [6.45, 7) is 4.55. The first kappa shape index (κ1) is 16.3. The van der Waals surface area contributed by atoms with Gasteiger partial charge in [0.2, 0.25) is 0 Å². The van der Waals surface area contributed by atoms with E-state index in [0.29, 0.717) is 15.2 Å². The second-order valence-corrected chi connectivity index (χ2v) is 5.09. The van der Waals surface area contributed by atoms with Gasteiger partial charge in [-0.25, -0.2) is 0 Å². The molecule has 70 valence electrons. The first-order valence-electron chi connectivity index (χ1n) is 3.27. The van der Waals surface area contributed by atoms with Gasteiger partial charge in [0, 0.05) is 12.1 Å². The second-order valence-electron chi connectivity index (χ2n) is 2.94. The summed E-state index contributed by atoms with van der Waals surface area (Å²) in [5, 5.41) is 5.82. The van der Waals surface area contributed by atoms with E-state index in [1.807, 2.05) is 13.8 Å². The first-order valence-corrected chi connectivity index (χ1v) is 4.91. The normalized spacial score (nSPS) is 9.69. The van der Waals surface area contributed by atoms with Crippen LogP contribution in [0.1, 0.15) is 13.8 Å². The fraction of sp³-hybridized carbons (Fsp3) is 0.667. The van der Waals surface area contributed by atoms with E-state index in [1.54, 1.807) is 0 Å². The number of nitrogens with one attached hydrogen (secondary N) is 2. The van der Waals surface area contributed by atoms with Crippen molar-refractivity contribution in [1.29, 1.82) is 0 Å². The summed E-state index contributed by atoms with van der Waals surface area (Å²) in [7, 11) is 0. The quantitative estimate of drug-likeness (QED) is 0.450. The Morgan fingerprint density at radius 2 is 1.69 bits per heavy atom. The van der Waals surface area contributed by atoms with Gasteiger partial charge in [0.1, 0.15) is 0 Å². The van der Waals surface area contributed by atoms with Gasteiger partial charge in [-0.05, 0) is 13.8 Å². The van der Waals surface area contributed by atoms with Crippen molar-refractivity contribution < 1.29 is 19.5 Å². The molecule has 0 saturated carbocycles. The van der Waals surface area contributed by atoms with Crippen LogP contribution in [-0.4, -0.2) is 20.7 Å². The van der Waals surface area contributed by atoms with Crippen LogP contribution in [0.3, 0.4) is 0 Å². The molecule has 0 bridgehead atoms. The summed E-state index contributed by atoms with van der Waals surface area (Å²) in [5.74, 6) is 0. The zero-order valence-corrected chi connectivity index (χ0v) is 13.8. The molecule has 0 fully saturated rings. The average molecular weight is 304 g/mol. The monoisotopic (exact) mass is 302 g/mol. The van der Waals surface area contributed by atoms with Gasteiger partial charge in [0.05, 0.1) is 0 Å². The molecule has 0 aromatic heterocycles. The van der Waals surface area contributed by atoms with Crippen LogP contribution in [0.2, 0.25) is 0 Å². The molecule has 0 aliphatic heterocycles. The van der Waals surface area contributed by atoms with Crippen LogP contribution < -0.4 is 10.6 Å². The van der Waals surface area contributed by atoms with E-state index < -0.39 is 0 Å². The van der Waals surface area contributed by atoms with Gasteiger partial charge in [-0.1, -0.05) is 8.64 Å². The molecule has 0 aliphatic carbocycles. The fourth-order valence-corrected chi connectivity index (χ4v) is 1.31. The molecule has 2 N–H and O–H groups in total. The molecule has 0 aromatic rings. The Morgan fingerprint density at radius 3 is 2.00 bits per heavy atom. The van der Waals surface area contributed by atoms with Crippen molar-refractivity contribution in [3.8, 4) is 0 Å². The van der Waals surface area contributed by atoms with E-state index in [4.69, 9.17) is 49.7 Å². The second kappa shape index (κ2) is 7.18. The topological polar surface area (TPSA) is 24.1 Å². The van der Waals surface area contributed by atoms with Crippen molar-refractivity contribution in [3.05, 3.63) is 0 Å². The number of rotatable bonds is 3. The third kappa shape index (κ3) is 10.8. The molecule has 0 spiro atoms. The largest absolute Gasteiger partial charge is 2.00 e. The third-order valence-corrected chi connectivity index (χ3v) is 1.61. The van der Waals surface area contributed by atoms with E-state index in [9.17, 15) is 0 Å². The SMILES string of the molecule is CC(C)(CNC(=S)[S-])NC(=S)[S-].[Zn+2]. The zero-order chi connectivity index (χ0) is 9.78. The van der Waals surface area contributed by atoms with Gasteiger partial charge in [0.25, 0.3) is 0 Å². The summed E-state index contributed by atoms with van der Waals surface area (Å²) in [6, 6.07) is 0. The van der Waals surface area contributed by atoms with E-state index in [0.717, 1.165) is 0 Å². The molecule has 0 aromatic carbocycles. The van der Waals surface area contributed by atoms with Crippen molar-refractivity contribution in [1.82, 2.24) is 10.6 Å². The number of hydrogen-bond donors (Lipinski definition) is 2. The molecule has 2 nitrogen and oxygen atoms in total. The minimum Gasteiger partial charge on any atom is -0.412 e. The van der Waals surface area contributed by atoms with Gasteiger partial charge >= 0.3 is 19.5 Å². The predicted octanol–water partition coefficient (Wildman–Crippen LogP) is 0.605. The smallest absolute Gasteiger partial charge is 0.412 e. The molecule has 0 saturated heterocycles. The van der Waals surface area contributed by atoms with E-state index in [-0.39, 0.29) is 25.0 Å². The molecule has 0 amide bonds. The van der Waals surface area contributed by atoms with E-state index >= 15 is 0 Å². The van der Waals surface area contributed by atoms with E-state index in [1.165, 1.54) is 0 Å². The maximum absolute atomic E-state index is 4.74. The number of thiocarbonyl (C=S) groups is 2. The summed E-state index contributed by atoms with van der Waals surface area (Å²) in [4.78, 5) is 0. The molecule has 7 heteroatoms. The molecule has 13 heavy (non-hydrogen) atoms. The Labute approximate surface area is 114 Å². The minimum absolute atomic E-state index is 0. The van der Waals surface area contributed by atoms with Crippen molar-refractivity contribution in [3.63, 3.8) is 0 Å². The summed E-state index contributed by atoms with van der Waals surface area (Å²) in [5.41, 5.74) is -0.207. The fourth-order valence-electron chi connectivity index (χ4n) is 0.614. The van der Waals surface area contributed by atoms with Crippen molar-refractivity contribution >= 4 is 58.3 Å². The molecule has 0 radical (unpaired) electrons. The molecule has 0 atom stereocenters. The molecular weight excluding hydrogens is 294 g/mol. The Balaban J connectivity index is 0. The Hall–Kier alpha value is 0.843. The van der Waals surface area contributed by atoms with Crippen LogP contribution in [-0.2, 0) is 44.7 Å². The van der Waals surface area contributed by atoms with Crippen LogP contribution in [0.15, 0.2) is 0 Å². The Kier molecular flexibility index (Phi) is 8.99. The van der Waals surface area contributed by atoms with Gasteiger partial charge in [0.15, 0.2) is 0 Å². The van der Waals surface area contributed by atoms with Crippen molar-refractivity contribution in [2.75, 3.05) is 6.54 Å². The molecule has 0 heterocycles. The van der Waals surface area contributed by atoms with Gasteiger partial charge < -0.3 is 60.3 Å². The standard InChI is InChI=1S/C6H12N2S4.Zn/c1-6(2,8-5(11)12)3-7-4(9)10;/h3H2,1-2H3,(H2,7,9,10)(H2,8,11,12);/q;+2/p-2.